The van der Waals surface area contributed by atoms with Gasteiger partial charge in [0.05, 0.1) is 12.5 Å². The van der Waals surface area contributed by atoms with E-state index in [1.165, 1.54) is 4.90 Å². The number of nitrogens with zero attached hydrogens (tertiary/aromatic N) is 3. The highest BCUT2D eigenvalue weighted by molar-refractivity contribution is 5.94. The van der Waals surface area contributed by atoms with Crippen molar-refractivity contribution in [3.63, 3.8) is 0 Å². The maximum absolute atomic E-state index is 13.0. The molecular formula is C20H26F3N3O2. The molecule has 0 N–H and O–H groups in total. The first-order valence-corrected chi connectivity index (χ1v) is 9.76. The van der Waals surface area contributed by atoms with E-state index in [4.69, 9.17) is 0 Å². The summed E-state index contributed by atoms with van der Waals surface area (Å²) in [7, 11) is 0. The standard InChI is InChI=1S/C20H26F3N3O2/c21-20(22,23)17-8-4-10-26(14-17)18(27)15-24-9-5-11-25(13-12-24)19(28)16-6-2-1-3-7-16/h1-3,6-7,17H,4-5,8-15H2. The predicted octanol–water partition coefficient (Wildman–Crippen LogP) is 2.64. The molecule has 2 amide bonds. The molecule has 1 unspecified atom stereocenters. The Labute approximate surface area is 163 Å². The van der Waals surface area contributed by atoms with E-state index >= 15 is 0 Å². The molecule has 28 heavy (non-hydrogen) atoms. The number of benzene rings is 1. The zero-order valence-corrected chi connectivity index (χ0v) is 15.8. The van der Waals surface area contributed by atoms with Crippen LogP contribution in [0.3, 0.4) is 0 Å². The van der Waals surface area contributed by atoms with Gasteiger partial charge in [0.2, 0.25) is 5.91 Å². The quantitative estimate of drug-likeness (QED) is 0.788. The number of amides is 2. The highest BCUT2D eigenvalue weighted by Crippen LogP contribution is 2.33. The Morgan fingerprint density at radius 3 is 2.36 bits per heavy atom. The van der Waals surface area contributed by atoms with Crippen molar-refractivity contribution >= 4 is 11.8 Å². The Hall–Kier alpha value is -2.09. The molecule has 1 atom stereocenters. The fraction of sp³-hybridized carbons (Fsp3) is 0.600. The van der Waals surface area contributed by atoms with Gasteiger partial charge in [-0.15, -0.1) is 0 Å². The third kappa shape index (κ3) is 5.25. The number of piperidine rings is 1. The number of hydrogen-bond donors (Lipinski definition) is 0. The summed E-state index contributed by atoms with van der Waals surface area (Å²) in [6.45, 7) is 2.57. The van der Waals surface area contributed by atoms with Gasteiger partial charge in [0.25, 0.3) is 5.91 Å². The molecule has 3 rings (SSSR count). The van der Waals surface area contributed by atoms with Crippen LogP contribution in [0, 0.1) is 5.92 Å². The first-order valence-electron chi connectivity index (χ1n) is 9.76. The predicted molar refractivity (Wildman–Crippen MR) is 98.8 cm³/mol. The smallest absolute Gasteiger partial charge is 0.341 e. The Balaban J connectivity index is 1.52. The average Bonchev–Trinajstić information content (AvgIpc) is 2.93. The number of rotatable bonds is 3. The van der Waals surface area contributed by atoms with Gasteiger partial charge >= 0.3 is 6.18 Å². The maximum atomic E-state index is 13.0. The van der Waals surface area contributed by atoms with Gasteiger partial charge < -0.3 is 9.80 Å². The molecular weight excluding hydrogens is 371 g/mol. The number of carbonyl (C=O) groups excluding carboxylic acids is 2. The first-order chi connectivity index (χ1) is 13.3. The van der Waals surface area contributed by atoms with Crippen LogP contribution < -0.4 is 0 Å². The molecule has 2 saturated heterocycles. The van der Waals surface area contributed by atoms with E-state index in [0.717, 1.165) is 6.42 Å². The van der Waals surface area contributed by atoms with Crippen molar-refractivity contribution in [2.24, 2.45) is 5.92 Å². The van der Waals surface area contributed by atoms with E-state index in [9.17, 15) is 22.8 Å². The largest absolute Gasteiger partial charge is 0.393 e. The summed E-state index contributed by atoms with van der Waals surface area (Å²) in [5.41, 5.74) is 0.638. The fourth-order valence-corrected chi connectivity index (χ4v) is 3.86. The van der Waals surface area contributed by atoms with Crippen LogP contribution in [0.25, 0.3) is 0 Å². The molecule has 2 heterocycles. The molecule has 1 aromatic carbocycles. The van der Waals surface area contributed by atoms with Crippen molar-refractivity contribution in [1.29, 1.82) is 0 Å². The number of alkyl halides is 3. The molecule has 0 radical (unpaired) electrons. The van der Waals surface area contributed by atoms with E-state index in [0.29, 0.717) is 44.7 Å². The van der Waals surface area contributed by atoms with Gasteiger partial charge in [-0.3, -0.25) is 14.5 Å². The third-order valence-electron chi connectivity index (χ3n) is 5.49. The van der Waals surface area contributed by atoms with Crippen molar-refractivity contribution in [1.82, 2.24) is 14.7 Å². The van der Waals surface area contributed by atoms with Crippen molar-refractivity contribution in [2.45, 2.75) is 25.4 Å². The second-order valence-electron chi connectivity index (χ2n) is 7.51. The lowest BCUT2D eigenvalue weighted by atomic mass is 9.97. The van der Waals surface area contributed by atoms with Gasteiger partial charge in [-0.2, -0.15) is 13.2 Å². The lowest BCUT2D eigenvalue weighted by molar-refractivity contribution is -0.188. The molecule has 0 spiro atoms. The summed E-state index contributed by atoms with van der Waals surface area (Å²) >= 11 is 0. The van der Waals surface area contributed by atoms with Gasteiger partial charge in [-0.1, -0.05) is 18.2 Å². The van der Waals surface area contributed by atoms with E-state index in [1.807, 2.05) is 23.1 Å². The minimum atomic E-state index is -4.25. The normalized spacial score (nSPS) is 22.0. The van der Waals surface area contributed by atoms with Gasteiger partial charge in [0.1, 0.15) is 0 Å². The van der Waals surface area contributed by atoms with Crippen LogP contribution in [0.1, 0.15) is 29.6 Å². The summed E-state index contributed by atoms with van der Waals surface area (Å²) in [4.78, 5) is 30.2. The zero-order valence-electron chi connectivity index (χ0n) is 15.8. The Bertz CT molecular complexity index is 681. The molecule has 0 aliphatic carbocycles. The second-order valence-corrected chi connectivity index (χ2v) is 7.51. The first kappa shape index (κ1) is 20.6. The molecule has 2 aliphatic rings. The van der Waals surface area contributed by atoms with E-state index in [2.05, 4.69) is 0 Å². The van der Waals surface area contributed by atoms with Crippen LogP contribution in [0.2, 0.25) is 0 Å². The van der Waals surface area contributed by atoms with Gasteiger partial charge in [-0.25, -0.2) is 0 Å². The SMILES string of the molecule is O=C(CN1CCCN(C(=O)c2ccccc2)CC1)N1CCCC(C(F)(F)F)C1. The topological polar surface area (TPSA) is 43.9 Å². The highest BCUT2D eigenvalue weighted by Gasteiger charge is 2.42. The Kier molecular flexibility index (Phi) is 6.59. The van der Waals surface area contributed by atoms with Gasteiger partial charge in [0, 0.05) is 44.8 Å². The van der Waals surface area contributed by atoms with E-state index in [-0.39, 0.29) is 31.3 Å². The van der Waals surface area contributed by atoms with Crippen LogP contribution in [0.15, 0.2) is 30.3 Å². The summed E-state index contributed by atoms with van der Waals surface area (Å²) in [5, 5.41) is 0. The fourth-order valence-electron chi connectivity index (χ4n) is 3.86. The van der Waals surface area contributed by atoms with Gasteiger partial charge in [-0.05, 0) is 31.4 Å². The molecule has 1 aromatic rings. The summed E-state index contributed by atoms with van der Waals surface area (Å²) < 4.78 is 38.9. The second kappa shape index (κ2) is 8.94. The number of carbonyl (C=O) groups is 2. The summed E-state index contributed by atoms with van der Waals surface area (Å²) in [6.07, 6.45) is -3.04. The van der Waals surface area contributed by atoms with Gasteiger partial charge in [0.15, 0.2) is 0 Å². The van der Waals surface area contributed by atoms with Crippen molar-refractivity contribution in [3.05, 3.63) is 35.9 Å². The average molecular weight is 397 g/mol. The Morgan fingerprint density at radius 1 is 0.929 bits per heavy atom. The minimum Gasteiger partial charge on any atom is -0.341 e. The molecule has 0 aromatic heterocycles. The van der Waals surface area contributed by atoms with Crippen molar-refractivity contribution < 1.29 is 22.8 Å². The van der Waals surface area contributed by atoms with Crippen LogP contribution in [-0.2, 0) is 4.79 Å². The van der Waals surface area contributed by atoms with E-state index < -0.39 is 12.1 Å². The lowest BCUT2D eigenvalue weighted by Gasteiger charge is -2.35. The maximum Gasteiger partial charge on any atom is 0.393 e. The summed E-state index contributed by atoms with van der Waals surface area (Å²) in [6, 6.07) is 9.06. The third-order valence-corrected chi connectivity index (χ3v) is 5.49. The van der Waals surface area contributed by atoms with Crippen LogP contribution in [-0.4, -0.2) is 78.5 Å². The van der Waals surface area contributed by atoms with Crippen molar-refractivity contribution in [2.75, 3.05) is 45.8 Å². The monoisotopic (exact) mass is 397 g/mol. The molecule has 2 fully saturated rings. The van der Waals surface area contributed by atoms with Crippen molar-refractivity contribution in [3.8, 4) is 0 Å². The Morgan fingerprint density at radius 2 is 1.64 bits per heavy atom. The lowest BCUT2D eigenvalue weighted by Crippen LogP contribution is -2.48. The highest BCUT2D eigenvalue weighted by atomic mass is 19.4. The zero-order chi connectivity index (χ0) is 20.1. The molecule has 0 bridgehead atoms. The number of hydrogen-bond acceptors (Lipinski definition) is 3. The minimum absolute atomic E-state index is 0.0298. The number of likely N-dealkylation sites (tertiary alicyclic amines) is 1. The number of halogens is 3. The van der Waals surface area contributed by atoms with Crippen LogP contribution in [0.5, 0.6) is 0 Å². The van der Waals surface area contributed by atoms with E-state index in [1.54, 1.807) is 17.0 Å². The summed E-state index contributed by atoms with van der Waals surface area (Å²) in [5.74, 6) is -1.71. The molecule has 0 saturated carbocycles. The molecule has 8 heteroatoms. The van der Waals surface area contributed by atoms with Crippen LogP contribution in [0.4, 0.5) is 13.2 Å². The molecule has 5 nitrogen and oxygen atoms in total. The van der Waals surface area contributed by atoms with Crippen LogP contribution >= 0.6 is 0 Å². The molecule has 154 valence electrons. The molecule has 2 aliphatic heterocycles.